The smallest absolute Gasteiger partial charge is 0.331 e. The van der Waals surface area contributed by atoms with Crippen LogP contribution in [0.1, 0.15) is 12.5 Å². The summed E-state index contributed by atoms with van der Waals surface area (Å²) in [5, 5.41) is 4.17. The van der Waals surface area contributed by atoms with Gasteiger partial charge in [0.1, 0.15) is 0 Å². The van der Waals surface area contributed by atoms with Crippen LogP contribution in [0.3, 0.4) is 0 Å². The molecule has 0 heterocycles. The van der Waals surface area contributed by atoms with Crippen molar-refractivity contribution in [3.8, 4) is 5.75 Å². The Morgan fingerprint density at radius 1 is 1.30 bits per heavy atom. The van der Waals surface area contributed by atoms with Crippen LogP contribution in [0.4, 0.5) is 9.18 Å². The van der Waals surface area contributed by atoms with Crippen LogP contribution in [-0.4, -0.2) is 38.2 Å². The third-order valence-corrected chi connectivity index (χ3v) is 2.71. The van der Waals surface area contributed by atoms with Crippen molar-refractivity contribution in [1.82, 2.24) is 10.6 Å². The second kappa shape index (κ2) is 8.52. The number of urea groups is 1. The van der Waals surface area contributed by atoms with Gasteiger partial charge in [-0.25, -0.2) is 14.0 Å². The normalized spacial score (nSPS) is 11.7. The van der Waals surface area contributed by atoms with Gasteiger partial charge >= 0.3 is 12.0 Å². The molecule has 0 radical (unpaired) electrons. The SMILES string of the molecule is CNC(=O)NC(=O)[C@@H](C)OC(=O)/C=C/c1ccc(OC)c(F)c1. The molecule has 1 aromatic rings. The average molecular weight is 324 g/mol. The number of benzene rings is 1. The number of ether oxygens (including phenoxy) is 2. The summed E-state index contributed by atoms with van der Waals surface area (Å²) in [5.41, 5.74) is 0.419. The van der Waals surface area contributed by atoms with E-state index in [1.807, 2.05) is 5.32 Å². The molecule has 0 aromatic heterocycles. The summed E-state index contributed by atoms with van der Waals surface area (Å²) in [6.07, 6.45) is 1.22. The predicted molar refractivity (Wildman–Crippen MR) is 80.1 cm³/mol. The molecule has 1 atom stereocenters. The Hall–Kier alpha value is -2.90. The minimum Gasteiger partial charge on any atom is -0.494 e. The molecule has 0 aliphatic heterocycles. The van der Waals surface area contributed by atoms with Crippen molar-refractivity contribution in [3.05, 3.63) is 35.7 Å². The molecule has 0 spiro atoms. The monoisotopic (exact) mass is 324 g/mol. The van der Waals surface area contributed by atoms with E-state index in [0.717, 1.165) is 6.08 Å². The van der Waals surface area contributed by atoms with E-state index in [9.17, 15) is 18.8 Å². The van der Waals surface area contributed by atoms with Gasteiger partial charge < -0.3 is 14.8 Å². The van der Waals surface area contributed by atoms with Gasteiger partial charge in [-0.2, -0.15) is 0 Å². The molecule has 0 unspecified atom stereocenters. The van der Waals surface area contributed by atoms with Crippen LogP contribution in [-0.2, 0) is 14.3 Å². The molecule has 0 aliphatic carbocycles. The zero-order valence-corrected chi connectivity index (χ0v) is 12.9. The minimum absolute atomic E-state index is 0.0872. The quantitative estimate of drug-likeness (QED) is 0.628. The molecule has 0 bridgehead atoms. The molecule has 1 aromatic carbocycles. The fourth-order valence-electron chi connectivity index (χ4n) is 1.49. The summed E-state index contributed by atoms with van der Waals surface area (Å²) in [6.45, 7) is 1.32. The molecule has 2 N–H and O–H groups in total. The lowest BCUT2D eigenvalue weighted by atomic mass is 10.2. The Kier molecular flexibility index (Phi) is 6.72. The zero-order valence-electron chi connectivity index (χ0n) is 12.9. The van der Waals surface area contributed by atoms with Gasteiger partial charge in [0.2, 0.25) is 0 Å². The number of halogens is 1. The van der Waals surface area contributed by atoms with Gasteiger partial charge in [-0.1, -0.05) is 6.07 Å². The third kappa shape index (κ3) is 5.77. The van der Waals surface area contributed by atoms with Crippen molar-refractivity contribution in [2.75, 3.05) is 14.2 Å². The lowest BCUT2D eigenvalue weighted by Gasteiger charge is -2.11. The number of imide groups is 1. The van der Waals surface area contributed by atoms with E-state index in [1.165, 1.54) is 39.3 Å². The van der Waals surface area contributed by atoms with E-state index < -0.39 is 29.8 Å². The standard InChI is InChI=1S/C15H17FN2O5/c1-9(14(20)18-15(21)17-2)23-13(19)7-5-10-4-6-12(22-3)11(16)8-10/h4-9H,1-3H3,(H2,17,18,20,21)/b7-5+/t9-/m1/s1. The van der Waals surface area contributed by atoms with Gasteiger partial charge in [0, 0.05) is 13.1 Å². The van der Waals surface area contributed by atoms with Crippen molar-refractivity contribution < 1.29 is 28.2 Å². The number of amides is 3. The average Bonchev–Trinajstić information content (AvgIpc) is 2.52. The van der Waals surface area contributed by atoms with Crippen molar-refractivity contribution in [2.45, 2.75) is 13.0 Å². The molecular weight excluding hydrogens is 307 g/mol. The molecule has 0 saturated heterocycles. The van der Waals surface area contributed by atoms with Crippen molar-refractivity contribution in [2.24, 2.45) is 0 Å². The molecule has 7 nitrogen and oxygen atoms in total. The van der Waals surface area contributed by atoms with E-state index >= 15 is 0 Å². The molecule has 124 valence electrons. The predicted octanol–water partition coefficient (Wildman–Crippen LogP) is 1.23. The second-order valence-corrected chi connectivity index (χ2v) is 4.37. The number of carbonyl (C=O) groups is 3. The first kappa shape index (κ1) is 18.1. The van der Waals surface area contributed by atoms with Crippen molar-refractivity contribution in [3.63, 3.8) is 0 Å². The molecule has 0 saturated carbocycles. The summed E-state index contributed by atoms with van der Waals surface area (Å²) >= 11 is 0. The van der Waals surface area contributed by atoms with Crippen LogP contribution in [0.15, 0.2) is 24.3 Å². The van der Waals surface area contributed by atoms with Crippen molar-refractivity contribution in [1.29, 1.82) is 0 Å². The van der Waals surface area contributed by atoms with E-state index in [-0.39, 0.29) is 5.75 Å². The Morgan fingerprint density at radius 3 is 2.57 bits per heavy atom. The highest BCUT2D eigenvalue weighted by atomic mass is 19.1. The molecule has 0 aliphatic rings. The maximum absolute atomic E-state index is 13.5. The largest absolute Gasteiger partial charge is 0.494 e. The van der Waals surface area contributed by atoms with E-state index in [0.29, 0.717) is 5.56 Å². The molecule has 0 fully saturated rings. The number of rotatable bonds is 5. The van der Waals surface area contributed by atoms with E-state index in [4.69, 9.17) is 9.47 Å². The lowest BCUT2D eigenvalue weighted by Crippen LogP contribution is -2.43. The molecular formula is C15H17FN2O5. The Bertz CT molecular complexity index is 630. The summed E-state index contributed by atoms with van der Waals surface area (Å²) in [7, 11) is 2.69. The van der Waals surface area contributed by atoms with Crippen LogP contribution in [0, 0.1) is 5.82 Å². The third-order valence-electron chi connectivity index (χ3n) is 2.71. The van der Waals surface area contributed by atoms with E-state index in [2.05, 4.69) is 5.32 Å². The number of hydrogen-bond donors (Lipinski definition) is 2. The maximum atomic E-state index is 13.5. The Balaban J connectivity index is 2.60. The van der Waals surface area contributed by atoms with Gasteiger partial charge in [0.15, 0.2) is 17.7 Å². The number of methoxy groups -OCH3 is 1. The number of esters is 1. The number of hydrogen-bond acceptors (Lipinski definition) is 5. The van der Waals surface area contributed by atoms with Gasteiger partial charge in [0.05, 0.1) is 7.11 Å². The van der Waals surface area contributed by atoms with Gasteiger partial charge in [-0.05, 0) is 30.7 Å². The molecule has 1 rings (SSSR count). The van der Waals surface area contributed by atoms with Crippen LogP contribution >= 0.6 is 0 Å². The summed E-state index contributed by atoms with van der Waals surface area (Å²) < 4.78 is 23.1. The highest BCUT2D eigenvalue weighted by molar-refractivity contribution is 5.97. The second-order valence-electron chi connectivity index (χ2n) is 4.37. The molecule has 23 heavy (non-hydrogen) atoms. The zero-order chi connectivity index (χ0) is 17.4. The topological polar surface area (TPSA) is 93.7 Å². The first-order valence-corrected chi connectivity index (χ1v) is 6.62. The summed E-state index contributed by atoms with van der Waals surface area (Å²) in [6, 6.07) is 3.44. The highest BCUT2D eigenvalue weighted by Gasteiger charge is 2.18. The van der Waals surface area contributed by atoms with Crippen LogP contribution in [0.25, 0.3) is 6.08 Å². The Labute approximate surface area is 132 Å². The number of carbonyl (C=O) groups excluding carboxylic acids is 3. The first-order chi connectivity index (χ1) is 10.9. The fraction of sp³-hybridized carbons (Fsp3) is 0.267. The van der Waals surface area contributed by atoms with E-state index in [1.54, 1.807) is 6.07 Å². The van der Waals surface area contributed by atoms with Crippen LogP contribution < -0.4 is 15.4 Å². The summed E-state index contributed by atoms with van der Waals surface area (Å²) in [5.74, 6) is -2.05. The highest BCUT2D eigenvalue weighted by Crippen LogP contribution is 2.18. The van der Waals surface area contributed by atoms with Gasteiger partial charge in [0.25, 0.3) is 5.91 Å². The van der Waals surface area contributed by atoms with Crippen LogP contribution in [0.2, 0.25) is 0 Å². The number of nitrogens with one attached hydrogen (secondary N) is 2. The van der Waals surface area contributed by atoms with Gasteiger partial charge in [-0.3, -0.25) is 10.1 Å². The Morgan fingerprint density at radius 2 is 2.00 bits per heavy atom. The molecule has 8 heteroatoms. The lowest BCUT2D eigenvalue weighted by molar-refractivity contribution is -0.149. The van der Waals surface area contributed by atoms with Crippen LogP contribution in [0.5, 0.6) is 5.75 Å². The summed E-state index contributed by atoms with van der Waals surface area (Å²) in [4.78, 5) is 34.1. The van der Waals surface area contributed by atoms with Crippen molar-refractivity contribution >= 4 is 24.0 Å². The first-order valence-electron chi connectivity index (χ1n) is 6.62. The fourth-order valence-corrected chi connectivity index (χ4v) is 1.49. The minimum atomic E-state index is -1.16. The molecule has 3 amide bonds. The maximum Gasteiger partial charge on any atom is 0.331 e. The van der Waals surface area contributed by atoms with Gasteiger partial charge in [-0.15, -0.1) is 0 Å².